The molecule has 3 aromatic carbocycles. The molecule has 0 unspecified atom stereocenters. The van der Waals surface area contributed by atoms with Crippen molar-refractivity contribution in [2.24, 2.45) is 0 Å². The number of carbonyl (C=O) groups excluding carboxylic acids is 1. The Hall–Kier alpha value is -2.43. The van der Waals surface area contributed by atoms with Crippen LogP contribution in [0.2, 0.25) is 5.02 Å². The van der Waals surface area contributed by atoms with Crippen LogP contribution in [0.4, 0.5) is 5.69 Å². The number of hydrogen-bond donors (Lipinski definition) is 2. The van der Waals surface area contributed by atoms with Crippen molar-refractivity contribution < 1.29 is 4.79 Å². The van der Waals surface area contributed by atoms with Gasteiger partial charge in [-0.1, -0.05) is 66.2 Å². The standard InChI is InChI=1S/C20H17ClN2OS/c21-17-10-4-2-7-15(17)12-13-19(24)23-20(25)22-18-11-5-8-14-6-1-3-9-16(14)18/h1-11H,12-13H2,(H2,22,23,24,25). The van der Waals surface area contributed by atoms with Crippen LogP contribution in [0.15, 0.2) is 66.7 Å². The van der Waals surface area contributed by atoms with Crippen LogP contribution in [0.1, 0.15) is 12.0 Å². The van der Waals surface area contributed by atoms with E-state index in [2.05, 4.69) is 10.6 Å². The number of benzene rings is 3. The maximum Gasteiger partial charge on any atom is 0.226 e. The molecule has 3 nitrogen and oxygen atoms in total. The number of thiocarbonyl (C=S) groups is 1. The molecule has 3 aromatic rings. The molecule has 3 rings (SSSR count). The van der Waals surface area contributed by atoms with E-state index in [4.69, 9.17) is 23.8 Å². The minimum atomic E-state index is -0.141. The number of halogens is 1. The molecule has 0 saturated heterocycles. The molecule has 0 fully saturated rings. The predicted octanol–water partition coefficient (Wildman–Crippen LogP) is 4.94. The third-order valence-electron chi connectivity index (χ3n) is 3.87. The fourth-order valence-corrected chi connectivity index (χ4v) is 3.08. The van der Waals surface area contributed by atoms with Gasteiger partial charge in [0.15, 0.2) is 5.11 Å². The lowest BCUT2D eigenvalue weighted by Crippen LogP contribution is -2.34. The summed E-state index contributed by atoms with van der Waals surface area (Å²) in [5, 5.41) is 8.95. The molecule has 0 radical (unpaired) electrons. The number of carbonyl (C=O) groups is 1. The lowest BCUT2D eigenvalue weighted by Gasteiger charge is -2.12. The summed E-state index contributed by atoms with van der Waals surface area (Å²) >= 11 is 11.4. The Bertz CT molecular complexity index is 921. The Balaban J connectivity index is 1.58. The molecule has 0 bridgehead atoms. The summed E-state index contributed by atoms with van der Waals surface area (Å²) in [6.07, 6.45) is 0.892. The van der Waals surface area contributed by atoms with Crippen molar-refractivity contribution in [1.29, 1.82) is 0 Å². The largest absolute Gasteiger partial charge is 0.332 e. The fourth-order valence-electron chi connectivity index (χ4n) is 2.63. The second kappa shape index (κ2) is 8.10. The highest BCUT2D eigenvalue weighted by Crippen LogP contribution is 2.22. The third kappa shape index (κ3) is 4.56. The van der Waals surface area contributed by atoms with E-state index in [1.807, 2.05) is 66.7 Å². The van der Waals surface area contributed by atoms with E-state index in [1.54, 1.807) is 0 Å². The van der Waals surface area contributed by atoms with Crippen molar-refractivity contribution in [3.05, 3.63) is 77.3 Å². The van der Waals surface area contributed by atoms with E-state index >= 15 is 0 Å². The Morgan fingerprint density at radius 3 is 2.52 bits per heavy atom. The van der Waals surface area contributed by atoms with Gasteiger partial charge < -0.3 is 10.6 Å². The molecule has 0 aromatic heterocycles. The first kappa shape index (κ1) is 17.4. The van der Waals surface area contributed by atoms with Crippen LogP contribution in [0.5, 0.6) is 0 Å². The van der Waals surface area contributed by atoms with E-state index in [9.17, 15) is 4.79 Å². The van der Waals surface area contributed by atoms with E-state index < -0.39 is 0 Å². The first-order valence-electron chi connectivity index (χ1n) is 7.95. The van der Waals surface area contributed by atoms with Crippen LogP contribution in [0.3, 0.4) is 0 Å². The van der Waals surface area contributed by atoms with Gasteiger partial charge in [-0.15, -0.1) is 0 Å². The minimum Gasteiger partial charge on any atom is -0.332 e. The number of amides is 1. The minimum absolute atomic E-state index is 0.141. The highest BCUT2D eigenvalue weighted by Gasteiger charge is 2.08. The zero-order valence-corrected chi connectivity index (χ0v) is 15.0. The van der Waals surface area contributed by atoms with E-state index in [-0.39, 0.29) is 5.91 Å². The molecule has 0 aliphatic heterocycles. The average molecular weight is 369 g/mol. The first-order valence-corrected chi connectivity index (χ1v) is 8.74. The number of fused-ring (bicyclic) bond motifs is 1. The van der Waals surface area contributed by atoms with Gasteiger partial charge in [-0.3, -0.25) is 4.79 Å². The van der Waals surface area contributed by atoms with E-state index in [0.29, 0.717) is 23.0 Å². The number of nitrogens with one attached hydrogen (secondary N) is 2. The Kier molecular flexibility index (Phi) is 5.64. The van der Waals surface area contributed by atoms with Crippen molar-refractivity contribution in [2.75, 3.05) is 5.32 Å². The molecule has 1 amide bonds. The Morgan fingerprint density at radius 1 is 0.960 bits per heavy atom. The number of hydrogen-bond acceptors (Lipinski definition) is 2. The van der Waals surface area contributed by atoms with Crippen LogP contribution >= 0.6 is 23.8 Å². The second-order valence-electron chi connectivity index (χ2n) is 5.62. The van der Waals surface area contributed by atoms with E-state index in [1.165, 1.54) is 0 Å². The molecule has 0 heterocycles. The van der Waals surface area contributed by atoms with Gasteiger partial charge in [0, 0.05) is 22.5 Å². The molecule has 5 heteroatoms. The van der Waals surface area contributed by atoms with Crippen molar-refractivity contribution in [3.63, 3.8) is 0 Å². The quantitative estimate of drug-likeness (QED) is 0.641. The van der Waals surface area contributed by atoms with Gasteiger partial charge in [0.2, 0.25) is 5.91 Å². The predicted molar refractivity (Wildman–Crippen MR) is 108 cm³/mol. The molecule has 0 saturated carbocycles. The van der Waals surface area contributed by atoms with Crippen LogP contribution in [-0.2, 0) is 11.2 Å². The zero-order chi connectivity index (χ0) is 17.6. The topological polar surface area (TPSA) is 41.1 Å². The average Bonchev–Trinajstić information content (AvgIpc) is 2.61. The van der Waals surface area contributed by atoms with Crippen molar-refractivity contribution >= 4 is 51.3 Å². The maximum absolute atomic E-state index is 12.1. The summed E-state index contributed by atoms with van der Waals surface area (Å²) in [5.74, 6) is -0.141. The molecular formula is C20H17ClN2OS. The van der Waals surface area contributed by atoms with Gasteiger partial charge in [-0.2, -0.15) is 0 Å². The highest BCUT2D eigenvalue weighted by molar-refractivity contribution is 7.80. The summed E-state index contributed by atoms with van der Waals surface area (Å²) in [6.45, 7) is 0. The zero-order valence-electron chi connectivity index (χ0n) is 13.5. The smallest absolute Gasteiger partial charge is 0.226 e. The molecule has 0 aliphatic carbocycles. The highest BCUT2D eigenvalue weighted by atomic mass is 35.5. The summed E-state index contributed by atoms with van der Waals surface area (Å²) in [5.41, 5.74) is 1.82. The maximum atomic E-state index is 12.1. The van der Waals surface area contributed by atoms with Crippen LogP contribution in [0, 0.1) is 0 Å². The molecule has 126 valence electrons. The van der Waals surface area contributed by atoms with Crippen LogP contribution < -0.4 is 10.6 Å². The van der Waals surface area contributed by atoms with Crippen LogP contribution in [0.25, 0.3) is 10.8 Å². The monoisotopic (exact) mass is 368 g/mol. The van der Waals surface area contributed by atoms with Gasteiger partial charge in [0.1, 0.15) is 0 Å². The van der Waals surface area contributed by atoms with Gasteiger partial charge >= 0.3 is 0 Å². The SMILES string of the molecule is O=C(CCc1ccccc1Cl)NC(=S)Nc1cccc2ccccc12. The molecule has 0 aliphatic rings. The summed E-state index contributed by atoms with van der Waals surface area (Å²) in [4.78, 5) is 12.1. The first-order chi connectivity index (χ1) is 12.1. The Labute approximate surface area is 157 Å². The van der Waals surface area contributed by atoms with Gasteiger partial charge in [0.05, 0.1) is 0 Å². The molecular weight excluding hydrogens is 352 g/mol. The van der Waals surface area contributed by atoms with Gasteiger partial charge in [0.25, 0.3) is 0 Å². The fraction of sp³-hybridized carbons (Fsp3) is 0.100. The molecule has 0 atom stereocenters. The second-order valence-corrected chi connectivity index (χ2v) is 6.44. The lowest BCUT2D eigenvalue weighted by atomic mass is 10.1. The lowest BCUT2D eigenvalue weighted by molar-refractivity contribution is -0.119. The number of anilines is 1. The normalized spacial score (nSPS) is 10.4. The van der Waals surface area contributed by atoms with Crippen LogP contribution in [-0.4, -0.2) is 11.0 Å². The van der Waals surface area contributed by atoms with Gasteiger partial charge in [-0.05, 0) is 41.7 Å². The van der Waals surface area contributed by atoms with Crippen molar-refractivity contribution in [1.82, 2.24) is 5.32 Å². The molecule has 2 N–H and O–H groups in total. The van der Waals surface area contributed by atoms with E-state index in [0.717, 1.165) is 22.0 Å². The number of rotatable bonds is 4. The van der Waals surface area contributed by atoms with Gasteiger partial charge in [-0.25, -0.2) is 0 Å². The summed E-state index contributed by atoms with van der Waals surface area (Å²) in [7, 11) is 0. The molecule has 0 spiro atoms. The number of aryl methyl sites for hydroxylation is 1. The summed E-state index contributed by atoms with van der Waals surface area (Å²) < 4.78 is 0. The Morgan fingerprint density at radius 2 is 1.68 bits per heavy atom. The third-order valence-corrected chi connectivity index (χ3v) is 4.44. The molecule has 25 heavy (non-hydrogen) atoms. The van der Waals surface area contributed by atoms with Crippen molar-refractivity contribution in [2.45, 2.75) is 12.8 Å². The summed E-state index contributed by atoms with van der Waals surface area (Å²) in [6, 6.07) is 21.4. The van der Waals surface area contributed by atoms with Crippen molar-refractivity contribution in [3.8, 4) is 0 Å².